The van der Waals surface area contributed by atoms with Crippen molar-refractivity contribution in [1.29, 1.82) is 0 Å². The number of anilines is 2. The van der Waals surface area contributed by atoms with Crippen molar-refractivity contribution in [1.82, 2.24) is 0 Å². The Bertz CT molecular complexity index is 686. The summed E-state index contributed by atoms with van der Waals surface area (Å²) < 4.78 is 0. The molecule has 20 heavy (non-hydrogen) atoms. The Morgan fingerprint density at radius 2 is 1.85 bits per heavy atom. The lowest BCUT2D eigenvalue weighted by Crippen LogP contribution is -2.12. The van der Waals surface area contributed by atoms with Gasteiger partial charge in [0.2, 0.25) is 0 Å². The SMILES string of the molecule is Nc1cccc(C(=O)Nc2cc(Cl)cc(C(=O)O)c2)c1. The van der Waals surface area contributed by atoms with Crippen LogP contribution in [-0.4, -0.2) is 17.0 Å². The zero-order valence-electron chi connectivity index (χ0n) is 10.3. The van der Waals surface area contributed by atoms with E-state index in [1.807, 2.05) is 0 Å². The minimum atomic E-state index is -1.12. The number of hydrogen-bond donors (Lipinski definition) is 3. The molecule has 0 bridgehead atoms. The topological polar surface area (TPSA) is 92.4 Å². The first-order valence-corrected chi connectivity index (χ1v) is 6.04. The monoisotopic (exact) mass is 290 g/mol. The lowest BCUT2D eigenvalue weighted by atomic mass is 10.1. The molecule has 0 aliphatic carbocycles. The summed E-state index contributed by atoms with van der Waals surface area (Å²) >= 11 is 5.81. The number of nitrogens with one attached hydrogen (secondary N) is 1. The molecule has 5 nitrogen and oxygen atoms in total. The van der Waals surface area contributed by atoms with Gasteiger partial charge in [-0.15, -0.1) is 0 Å². The van der Waals surface area contributed by atoms with Crippen molar-refractivity contribution >= 4 is 34.9 Å². The van der Waals surface area contributed by atoms with E-state index < -0.39 is 11.9 Å². The standard InChI is InChI=1S/C14H11ClN2O3/c15-10-4-9(14(19)20)6-12(7-10)17-13(18)8-2-1-3-11(16)5-8/h1-7H,16H2,(H,17,18)(H,19,20). The molecule has 6 heteroatoms. The normalized spacial score (nSPS) is 10.1. The average Bonchev–Trinajstić information content (AvgIpc) is 2.37. The Kier molecular flexibility index (Phi) is 3.91. The largest absolute Gasteiger partial charge is 0.478 e. The minimum Gasteiger partial charge on any atom is -0.478 e. The average molecular weight is 291 g/mol. The number of carbonyl (C=O) groups excluding carboxylic acids is 1. The maximum absolute atomic E-state index is 12.0. The molecule has 0 unspecified atom stereocenters. The van der Waals surface area contributed by atoms with Gasteiger partial charge in [0.25, 0.3) is 5.91 Å². The van der Waals surface area contributed by atoms with E-state index in [1.54, 1.807) is 18.2 Å². The molecule has 0 spiro atoms. The number of carboxylic acid groups (broad SMARTS) is 1. The van der Waals surface area contributed by atoms with Crippen LogP contribution in [-0.2, 0) is 0 Å². The van der Waals surface area contributed by atoms with E-state index >= 15 is 0 Å². The predicted octanol–water partition coefficient (Wildman–Crippen LogP) is 2.87. The van der Waals surface area contributed by atoms with E-state index in [1.165, 1.54) is 24.3 Å². The summed E-state index contributed by atoms with van der Waals surface area (Å²) in [6.07, 6.45) is 0. The number of carbonyl (C=O) groups is 2. The van der Waals surface area contributed by atoms with Crippen molar-refractivity contribution in [2.24, 2.45) is 0 Å². The molecule has 4 N–H and O–H groups in total. The molecule has 0 aliphatic heterocycles. The Morgan fingerprint density at radius 1 is 1.10 bits per heavy atom. The summed E-state index contributed by atoms with van der Waals surface area (Å²) in [6, 6.07) is 10.6. The van der Waals surface area contributed by atoms with Gasteiger partial charge in [0.05, 0.1) is 5.56 Å². The Balaban J connectivity index is 2.26. The Morgan fingerprint density at radius 3 is 2.50 bits per heavy atom. The lowest BCUT2D eigenvalue weighted by Gasteiger charge is -2.07. The van der Waals surface area contributed by atoms with E-state index in [9.17, 15) is 9.59 Å². The molecule has 102 valence electrons. The van der Waals surface area contributed by atoms with Crippen LogP contribution in [0.4, 0.5) is 11.4 Å². The molecule has 0 aliphatic rings. The third-order valence-corrected chi connectivity index (χ3v) is 2.77. The Labute approximate surface area is 120 Å². The van der Waals surface area contributed by atoms with E-state index in [0.29, 0.717) is 16.9 Å². The molecule has 0 saturated carbocycles. The van der Waals surface area contributed by atoms with Gasteiger partial charge >= 0.3 is 5.97 Å². The summed E-state index contributed by atoms with van der Waals surface area (Å²) in [4.78, 5) is 22.9. The van der Waals surface area contributed by atoms with Crippen molar-refractivity contribution in [3.63, 3.8) is 0 Å². The van der Waals surface area contributed by atoms with Gasteiger partial charge in [0.15, 0.2) is 0 Å². The summed E-state index contributed by atoms with van der Waals surface area (Å²) in [5.41, 5.74) is 6.75. The second-order valence-corrected chi connectivity index (χ2v) is 4.55. The first-order chi connectivity index (χ1) is 9.45. The molecule has 0 atom stereocenters. The smallest absolute Gasteiger partial charge is 0.335 e. The highest BCUT2D eigenvalue weighted by Gasteiger charge is 2.10. The Hall–Kier alpha value is -2.53. The fourth-order valence-electron chi connectivity index (χ4n) is 1.67. The van der Waals surface area contributed by atoms with Gasteiger partial charge in [-0.25, -0.2) is 4.79 Å². The van der Waals surface area contributed by atoms with Gasteiger partial charge in [-0.1, -0.05) is 17.7 Å². The van der Waals surface area contributed by atoms with Crippen LogP contribution in [0, 0.1) is 0 Å². The highest BCUT2D eigenvalue weighted by molar-refractivity contribution is 6.31. The quantitative estimate of drug-likeness (QED) is 0.758. The van der Waals surface area contributed by atoms with Gasteiger partial charge in [0.1, 0.15) is 0 Å². The molecule has 0 fully saturated rings. The van der Waals surface area contributed by atoms with Gasteiger partial charge in [-0.3, -0.25) is 4.79 Å². The zero-order chi connectivity index (χ0) is 14.7. The van der Waals surface area contributed by atoms with Gasteiger partial charge < -0.3 is 16.2 Å². The molecule has 0 aromatic heterocycles. The predicted molar refractivity (Wildman–Crippen MR) is 77.2 cm³/mol. The van der Waals surface area contributed by atoms with Crippen molar-refractivity contribution < 1.29 is 14.7 Å². The first kappa shape index (κ1) is 13.9. The van der Waals surface area contributed by atoms with Crippen molar-refractivity contribution in [3.8, 4) is 0 Å². The molecule has 2 aromatic carbocycles. The molecular formula is C14H11ClN2O3. The highest BCUT2D eigenvalue weighted by atomic mass is 35.5. The van der Waals surface area contributed by atoms with Crippen molar-refractivity contribution in [2.75, 3.05) is 11.1 Å². The number of carboxylic acids is 1. The van der Waals surface area contributed by atoms with Gasteiger partial charge in [-0.2, -0.15) is 0 Å². The zero-order valence-corrected chi connectivity index (χ0v) is 11.0. The third kappa shape index (κ3) is 3.27. The fraction of sp³-hybridized carbons (Fsp3) is 0. The van der Waals surface area contributed by atoms with Crippen molar-refractivity contribution in [3.05, 3.63) is 58.6 Å². The summed E-state index contributed by atoms with van der Waals surface area (Å²) in [6.45, 7) is 0. The highest BCUT2D eigenvalue weighted by Crippen LogP contribution is 2.20. The number of nitrogen functional groups attached to an aromatic ring is 1. The second kappa shape index (κ2) is 5.63. The van der Waals surface area contributed by atoms with E-state index in [0.717, 1.165) is 0 Å². The van der Waals surface area contributed by atoms with E-state index in [-0.39, 0.29) is 10.6 Å². The number of nitrogens with two attached hydrogens (primary N) is 1. The van der Waals surface area contributed by atoms with Crippen LogP contribution in [0.3, 0.4) is 0 Å². The van der Waals surface area contributed by atoms with Crippen LogP contribution >= 0.6 is 11.6 Å². The number of aromatic carboxylic acids is 1. The van der Waals surface area contributed by atoms with Crippen LogP contribution in [0.1, 0.15) is 20.7 Å². The van der Waals surface area contributed by atoms with Crippen LogP contribution in [0.15, 0.2) is 42.5 Å². The van der Waals surface area contributed by atoms with Crippen molar-refractivity contribution in [2.45, 2.75) is 0 Å². The minimum absolute atomic E-state index is 0.000348. The molecule has 0 saturated heterocycles. The molecule has 2 aromatic rings. The summed E-state index contributed by atoms with van der Waals surface area (Å²) in [5, 5.41) is 11.7. The fourth-order valence-corrected chi connectivity index (χ4v) is 1.90. The number of halogens is 1. The van der Waals surface area contributed by atoms with Gasteiger partial charge in [-0.05, 0) is 36.4 Å². The maximum atomic E-state index is 12.0. The lowest BCUT2D eigenvalue weighted by molar-refractivity contribution is 0.0696. The molecule has 2 rings (SSSR count). The first-order valence-electron chi connectivity index (χ1n) is 5.66. The van der Waals surface area contributed by atoms with E-state index in [2.05, 4.69) is 5.32 Å². The van der Waals surface area contributed by atoms with Crippen LogP contribution in [0.25, 0.3) is 0 Å². The number of benzene rings is 2. The molecule has 0 radical (unpaired) electrons. The van der Waals surface area contributed by atoms with Crippen LogP contribution in [0.5, 0.6) is 0 Å². The maximum Gasteiger partial charge on any atom is 0.335 e. The summed E-state index contributed by atoms with van der Waals surface area (Å²) in [5.74, 6) is -1.51. The number of rotatable bonds is 3. The summed E-state index contributed by atoms with van der Waals surface area (Å²) in [7, 11) is 0. The number of amides is 1. The van der Waals surface area contributed by atoms with Crippen LogP contribution in [0.2, 0.25) is 5.02 Å². The molecular weight excluding hydrogens is 280 g/mol. The molecule has 1 amide bonds. The van der Waals surface area contributed by atoms with E-state index in [4.69, 9.17) is 22.4 Å². The third-order valence-electron chi connectivity index (χ3n) is 2.55. The molecule has 0 heterocycles. The van der Waals surface area contributed by atoms with Gasteiger partial charge in [0, 0.05) is 22.0 Å². The van der Waals surface area contributed by atoms with Crippen LogP contribution < -0.4 is 11.1 Å². The second-order valence-electron chi connectivity index (χ2n) is 4.11. The number of hydrogen-bond acceptors (Lipinski definition) is 3.